The minimum atomic E-state index is -0.715. The Bertz CT molecular complexity index is 232. The molecule has 0 aromatic carbocycles. The number of carboxylic acids is 1. The highest BCUT2D eigenvalue weighted by Gasteiger charge is 2.47. The number of carbonyl (C=O) groups is 1. The molecular weight excluding hydrogens is 206 g/mol. The monoisotopic (exact) mass is 229 g/mol. The smallest absolute Gasteiger partial charge is 0.324 e. The van der Waals surface area contributed by atoms with Gasteiger partial charge in [0.1, 0.15) is 5.54 Å². The summed E-state index contributed by atoms with van der Waals surface area (Å²) in [5, 5.41) is 12.3. The Morgan fingerprint density at radius 1 is 1.56 bits per heavy atom. The first-order valence-corrected chi connectivity index (χ1v) is 6.17. The number of aliphatic carboxylic acids is 1. The Hall–Kier alpha value is -0.610. The van der Waals surface area contributed by atoms with Gasteiger partial charge in [0.2, 0.25) is 0 Å². The predicted octanol–water partition coefficient (Wildman–Crippen LogP) is 1.65. The van der Waals surface area contributed by atoms with Crippen molar-refractivity contribution in [3.63, 3.8) is 0 Å². The fourth-order valence-corrected chi connectivity index (χ4v) is 2.66. The summed E-state index contributed by atoms with van der Waals surface area (Å²) in [4.78, 5) is 11.4. The molecule has 0 aliphatic heterocycles. The van der Waals surface area contributed by atoms with E-state index in [4.69, 9.17) is 4.74 Å². The van der Waals surface area contributed by atoms with Crippen molar-refractivity contribution >= 4 is 5.97 Å². The summed E-state index contributed by atoms with van der Waals surface area (Å²) in [6, 6.07) is 0. The number of nitrogens with one attached hydrogen (secondary N) is 1. The van der Waals surface area contributed by atoms with Gasteiger partial charge in [-0.1, -0.05) is 13.3 Å². The molecule has 1 aliphatic carbocycles. The van der Waals surface area contributed by atoms with Crippen LogP contribution in [0.25, 0.3) is 0 Å². The Morgan fingerprint density at radius 3 is 2.88 bits per heavy atom. The van der Waals surface area contributed by atoms with Gasteiger partial charge in [-0.05, 0) is 38.6 Å². The molecule has 1 fully saturated rings. The first-order chi connectivity index (χ1) is 7.67. The van der Waals surface area contributed by atoms with Gasteiger partial charge >= 0.3 is 5.97 Å². The van der Waals surface area contributed by atoms with E-state index in [9.17, 15) is 9.90 Å². The highest BCUT2D eigenvalue weighted by atomic mass is 16.5. The van der Waals surface area contributed by atoms with Gasteiger partial charge in [0.15, 0.2) is 0 Å². The second-order valence-corrected chi connectivity index (χ2v) is 4.52. The lowest BCUT2D eigenvalue weighted by Gasteiger charge is -2.30. The van der Waals surface area contributed by atoms with Crippen LogP contribution in [0.1, 0.15) is 39.0 Å². The zero-order valence-electron chi connectivity index (χ0n) is 10.3. The maximum Gasteiger partial charge on any atom is 0.324 e. The molecule has 0 radical (unpaired) electrons. The summed E-state index contributed by atoms with van der Waals surface area (Å²) in [6.07, 6.45) is 4.57. The van der Waals surface area contributed by atoms with Crippen molar-refractivity contribution in [2.24, 2.45) is 5.92 Å². The fraction of sp³-hybridized carbons (Fsp3) is 0.917. The lowest BCUT2D eigenvalue weighted by molar-refractivity contribution is -0.146. The zero-order chi connectivity index (χ0) is 12.0. The SMILES string of the molecule is CCCOCCC1CCCC1(NC)C(=O)O. The van der Waals surface area contributed by atoms with Crippen molar-refractivity contribution in [2.75, 3.05) is 20.3 Å². The van der Waals surface area contributed by atoms with Gasteiger partial charge < -0.3 is 15.2 Å². The van der Waals surface area contributed by atoms with E-state index < -0.39 is 11.5 Å². The predicted molar refractivity (Wildman–Crippen MR) is 62.5 cm³/mol. The molecule has 4 nitrogen and oxygen atoms in total. The van der Waals surface area contributed by atoms with E-state index >= 15 is 0 Å². The molecular formula is C12H23NO3. The summed E-state index contributed by atoms with van der Waals surface area (Å²) in [6.45, 7) is 3.52. The molecule has 0 bridgehead atoms. The number of likely N-dealkylation sites (N-methyl/N-ethyl adjacent to an activating group) is 1. The number of ether oxygens (including phenoxy) is 1. The summed E-state index contributed by atoms with van der Waals surface area (Å²) < 4.78 is 5.44. The van der Waals surface area contributed by atoms with Crippen LogP contribution in [0.15, 0.2) is 0 Å². The minimum absolute atomic E-state index is 0.201. The third-order valence-corrected chi connectivity index (χ3v) is 3.61. The van der Waals surface area contributed by atoms with Crippen molar-refractivity contribution < 1.29 is 14.6 Å². The molecule has 0 aromatic heterocycles. The van der Waals surface area contributed by atoms with E-state index in [-0.39, 0.29) is 5.92 Å². The second-order valence-electron chi connectivity index (χ2n) is 4.52. The molecule has 1 saturated carbocycles. The third-order valence-electron chi connectivity index (χ3n) is 3.61. The van der Waals surface area contributed by atoms with E-state index in [1.54, 1.807) is 7.05 Å². The molecule has 0 heterocycles. The molecule has 16 heavy (non-hydrogen) atoms. The molecule has 94 valence electrons. The first kappa shape index (κ1) is 13.5. The average Bonchev–Trinajstić information content (AvgIpc) is 2.68. The molecule has 2 N–H and O–H groups in total. The standard InChI is InChI=1S/C12H23NO3/c1-3-8-16-9-6-10-5-4-7-12(10,13-2)11(14)15/h10,13H,3-9H2,1-2H3,(H,14,15). The maximum absolute atomic E-state index is 11.4. The summed E-state index contributed by atoms with van der Waals surface area (Å²) in [7, 11) is 1.75. The Morgan fingerprint density at radius 2 is 2.31 bits per heavy atom. The van der Waals surface area contributed by atoms with Gasteiger partial charge in [-0.25, -0.2) is 0 Å². The van der Waals surface area contributed by atoms with Gasteiger partial charge in [0.25, 0.3) is 0 Å². The lowest BCUT2D eigenvalue weighted by atomic mass is 9.85. The molecule has 2 atom stereocenters. The van der Waals surface area contributed by atoms with Crippen LogP contribution in [0.5, 0.6) is 0 Å². The number of carboxylic acid groups (broad SMARTS) is 1. The summed E-state index contributed by atoms with van der Waals surface area (Å²) in [5.41, 5.74) is -0.713. The van der Waals surface area contributed by atoms with E-state index in [2.05, 4.69) is 12.2 Å². The number of hydrogen-bond acceptors (Lipinski definition) is 3. The van der Waals surface area contributed by atoms with E-state index in [1.807, 2.05) is 0 Å². The highest BCUT2D eigenvalue weighted by molar-refractivity contribution is 5.79. The number of rotatable bonds is 7. The van der Waals surface area contributed by atoms with Gasteiger partial charge in [0.05, 0.1) is 0 Å². The highest BCUT2D eigenvalue weighted by Crippen LogP contribution is 2.37. The Kier molecular flexibility index (Phi) is 5.22. The molecule has 1 aliphatic rings. The molecule has 4 heteroatoms. The molecule has 0 amide bonds. The topological polar surface area (TPSA) is 58.6 Å². The van der Waals surface area contributed by atoms with Gasteiger partial charge in [0, 0.05) is 13.2 Å². The summed E-state index contributed by atoms with van der Waals surface area (Å²) in [5.74, 6) is -0.514. The van der Waals surface area contributed by atoms with E-state index in [0.717, 1.165) is 38.7 Å². The van der Waals surface area contributed by atoms with E-state index in [0.29, 0.717) is 6.61 Å². The van der Waals surface area contributed by atoms with Crippen molar-refractivity contribution in [1.82, 2.24) is 5.32 Å². The van der Waals surface area contributed by atoms with Crippen molar-refractivity contribution in [2.45, 2.75) is 44.6 Å². The van der Waals surface area contributed by atoms with Crippen molar-refractivity contribution in [3.8, 4) is 0 Å². The molecule has 2 unspecified atom stereocenters. The molecule has 0 aromatic rings. The van der Waals surface area contributed by atoms with Crippen LogP contribution in [-0.2, 0) is 9.53 Å². The van der Waals surface area contributed by atoms with Crippen LogP contribution in [0, 0.1) is 5.92 Å². The number of hydrogen-bond donors (Lipinski definition) is 2. The van der Waals surface area contributed by atoms with Gasteiger partial charge in [-0.2, -0.15) is 0 Å². The van der Waals surface area contributed by atoms with Crippen LogP contribution < -0.4 is 5.32 Å². The second kappa shape index (κ2) is 6.21. The molecule has 1 rings (SSSR count). The quantitative estimate of drug-likeness (QED) is 0.652. The molecule has 0 spiro atoms. The third kappa shape index (κ3) is 2.74. The van der Waals surface area contributed by atoms with Crippen molar-refractivity contribution in [3.05, 3.63) is 0 Å². The zero-order valence-corrected chi connectivity index (χ0v) is 10.3. The largest absolute Gasteiger partial charge is 0.480 e. The fourth-order valence-electron chi connectivity index (χ4n) is 2.66. The minimum Gasteiger partial charge on any atom is -0.480 e. The lowest BCUT2D eigenvalue weighted by Crippen LogP contribution is -2.53. The van der Waals surface area contributed by atoms with Crippen LogP contribution in [0.3, 0.4) is 0 Å². The first-order valence-electron chi connectivity index (χ1n) is 6.17. The van der Waals surface area contributed by atoms with Gasteiger partial charge in [-0.3, -0.25) is 4.79 Å². The average molecular weight is 229 g/mol. The summed E-state index contributed by atoms with van der Waals surface area (Å²) >= 11 is 0. The van der Waals surface area contributed by atoms with Crippen LogP contribution in [-0.4, -0.2) is 36.9 Å². The Balaban J connectivity index is 2.47. The van der Waals surface area contributed by atoms with Crippen LogP contribution in [0.2, 0.25) is 0 Å². The van der Waals surface area contributed by atoms with Gasteiger partial charge in [-0.15, -0.1) is 0 Å². The van der Waals surface area contributed by atoms with Crippen LogP contribution in [0.4, 0.5) is 0 Å². The maximum atomic E-state index is 11.4. The van der Waals surface area contributed by atoms with Crippen LogP contribution >= 0.6 is 0 Å². The normalized spacial score (nSPS) is 29.5. The Labute approximate surface area is 97.4 Å². The van der Waals surface area contributed by atoms with Crippen molar-refractivity contribution in [1.29, 1.82) is 0 Å². The molecule has 0 saturated heterocycles. The van der Waals surface area contributed by atoms with E-state index in [1.165, 1.54) is 0 Å².